The lowest BCUT2D eigenvalue weighted by atomic mass is 10.2. The molecule has 7 heteroatoms. The van der Waals surface area contributed by atoms with Gasteiger partial charge in [-0.15, -0.1) is 0 Å². The summed E-state index contributed by atoms with van der Waals surface area (Å²) in [6.07, 6.45) is 2.93. The van der Waals surface area contributed by atoms with Crippen LogP contribution in [0.5, 0.6) is 11.8 Å². The Balaban J connectivity index is 1.80. The second-order valence-electron chi connectivity index (χ2n) is 6.21. The molecule has 0 atom stereocenters. The Kier molecular flexibility index (Phi) is 4.13. The van der Waals surface area contributed by atoms with E-state index in [1.807, 2.05) is 23.6 Å². The second kappa shape index (κ2) is 6.58. The highest BCUT2D eigenvalue weighted by molar-refractivity contribution is 5.82. The van der Waals surface area contributed by atoms with Crippen molar-refractivity contribution in [3.8, 4) is 11.8 Å². The molecule has 3 aromatic rings. The molecule has 0 radical (unpaired) electrons. The maximum Gasteiger partial charge on any atom is 0.320 e. The van der Waals surface area contributed by atoms with Crippen LogP contribution in [0.25, 0.3) is 11.2 Å². The fraction of sp³-hybridized carbons (Fsp3) is 0.389. The lowest BCUT2D eigenvalue weighted by molar-refractivity contribution is 0.267. The summed E-state index contributed by atoms with van der Waals surface area (Å²) in [5.41, 5.74) is 8.50. The fourth-order valence-electron chi connectivity index (χ4n) is 3.01. The number of nitrogens with two attached hydrogens (primary N) is 1. The Hall–Kier alpha value is -2.83. The second-order valence-corrected chi connectivity index (χ2v) is 6.21. The maximum absolute atomic E-state index is 6.07. The van der Waals surface area contributed by atoms with Crippen molar-refractivity contribution in [2.45, 2.75) is 32.7 Å². The Morgan fingerprint density at radius 1 is 1.04 bits per heavy atom. The van der Waals surface area contributed by atoms with Crippen molar-refractivity contribution in [2.75, 3.05) is 18.9 Å². The zero-order chi connectivity index (χ0) is 17.2. The van der Waals surface area contributed by atoms with Crippen molar-refractivity contribution in [3.05, 3.63) is 35.7 Å². The van der Waals surface area contributed by atoms with Crippen LogP contribution >= 0.6 is 0 Å². The van der Waals surface area contributed by atoms with E-state index in [0.29, 0.717) is 42.8 Å². The van der Waals surface area contributed by atoms with Gasteiger partial charge in [0.05, 0.1) is 19.8 Å². The molecule has 130 valence electrons. The monoisotopic (exact) mass is 339 g/mol. The van der Waals surface area contributed by atoms with Gasteiger partial charge in [0.2, 0.25) is 0 Å². The molecule has 0 spiro atoms. The Morgan fingerprint density at radius 2 is 1.88 bits per heavy atom. The molecule has 7 nitrogen and oxygen atoms in total. The summed E-state index contributed by atoms with van der Waals surface area (Å²) >= 11 is 0. The predicted octanol–water partition coefficient (Wildman–Crippen LogP) is 2.71. The Bertz CT molecular complexity index is 906. The zero-order valence-electron chi connectivity index (χ0n) is 14.2. The summed E-state index contributed by atoms with van der Waals surface area (Å²) in [7, 11) is 0. The average molecular weight is 339 g/mol. The molecule has 4 bridgehead atoms. The first-order valence-corrected chi connectivity index (χ1v) is 8.55. The third-order valence-electron chi connectivity index (χ3n) is 4.32. The third-order valence-corrected chi connectivity index (χ3v) is 4.32. The molecule has 0 saturated carbocycles. The Labute approximate surface area is 145 Å². The molecule has 4 rings (SSSR count). The number of rotatable bonds is 0. The van der Waals surface area contributed by atoms with Gasteiger partial charge in [-0.1, -0.05) is 12.1 Å². The summed E-state index contributed by atoms with van der Waals surface area (Å²) in [6.45, 7) is 3.84. The van der Waals surface area contributed by atoms with Crippen LogP contribution in [-0.2, 0) is 6.54 Å². The van der Waals surface area contributed by atoms with Crippen LogP contribution in [0.3, 0.4) is 0 Å². The van der Waals surface area contributed by atoms with Gasteiger partial charge in [0.1, 0.15) is 11.6 Å². The van der Waals surface area contributed by atoms with Crippen molar-refractivity contribution < 1.29 is 9.47 Å². The summed E-state index contributed by atoms with van der Waals surface area (Å²) in [5.74, 6) is 2.08. The molecule has 3 heterocycles. The van der Waals surface area contributed by atoms with Crippen LogP contribution in [0.2, 0.25) is 0 Å². The van der Waals surface area contributed by atoms with Crippen LogP contribution in [0.15, 0.2) is 24.3 Å². The zero-order valence-corrected chi connectivity index (χ0v) is 14.2. The number of hydrogen-bond acceptors (Lipinski definition) is 6. The number of benzene rings is 1. The van der Waals surface area contributed by atoms with Crippen LogP contribution < -0.4 is 15.2 Å². The largest absolute Gasteiger partial charge is 0.494 e. The minimum Gasteiger partial charge on any atom is -0.494 e. The Morgan fingerprint density at radius 3 is 2.76 bits per heavy atom. The standard InChI is InChI=1S/C18H21N5O2/c1-12-20-15-16(19)21-18-22-17(15)23(12)11-13-6-5-7-14(10-13)24-8-3-2-4-9-25-18/h5-7,10H,2-4,8-9,11H2,1H3,(H2,19,21,22). The molecular formula is C18H21N5O2. The van der Waals surface area contributed by atoms with Gasteiger partial charge in [0.25, 0.3) is 0 Å². The van der Waals surface area contributed by atoms with E-state index in [1.165, 1.54) is 0 Å². The van der Waals surface area contributed by atoms with Gasteiger partial charge in [-0.3, -0.25) is 0 Å². The van der Waals surface area contributed by atoms with Crippen LogP contribution in [0.1, 0.15) is 30.7 Å². The van der Waals surface area contributed by atoms with Crippen LogP contribution in [0, 0.1) is 6.92 Å². The summed E-state index contributed by atoms with van der Waals surface area (Å²) < 4.78 is 13.6. The van der Waals surface area contributed by atoms with E-state index < -0.39 is 0 Å². The van der Waals surface area contributed by atoms with E-state index in [-0.39, 0.29) is 0 Å². The minimum absolute atomic E-state index is 0.311. The van der Waals surface area contributed by atoms with E-state index in [1.54, 1.807) is 0 Å². The molecule has 1 aliphatic rings. The lowest BCUT2D eigenvalue weighted by Gasteiger charge is -2.10. The van der Waals surface area contributed by atoms with Crippen molar-refractivity contribution in [1.29, 1.82) is 0 Å². The molecule has 25 heavy (non-hydrogen) atoms. The van der Waals surface area contributed by atoms with Gasteiger partial charge in [0.15, 0.2) is 17.0 Å². The van der Waals surface area contributed by atoms with Crippen LogP contribution in [0.4, 0.5) is 5.82 Å². The summed E-state index contributed by atoms with van der Waals surface area (Å²) in [6, 6.07) is 8.44. The van der Waals surface area contributed by atoms with Crippen molar-refractivity contribution in [3.63, 3.8) is 0 Å². The molecule has 0 saturated heterocycles. The average Bonchev–Trinajstić information content (AvgIpc) is 2.90. The highest BCUT2D eigenvalue weighted by Gasteiger charge is 2.16. The van der Waals surface area contributed by atoms with Crippen LogP contribution in [-0.4, -0.2) is 32.7 Å². The van der Waals surface area contributed by atoms with Crippen molar-refractivity contribution in [2.24, 2.45) is 0 Å². The number of ether oxygens (including phenoxy) is 2. The first kappa shape index (κ1) is 15.7. The molecule has 0 unspecified atom stereocenters. The lowest BCUT2D eigenvalue weighted by Crippen LogP contribution is -2.06. The molecule has 0 fully saturated rings. The van der Waals surface area contributed by atoms with E-state index in [4.69, 9.17) is 15.2 Å². The quantitative estimate of drug-likeness (QED) is 0.677. The van der Waals surface area contributed by atoms with Gasteiger partial charge in [-0.25, -0.2) is 4.98 Å². The molecule has 2 N–H and O–H groups in total. The molecule has 0 aliphatic carbocycles. The number of anilines is 1. The molecule has 2 aromatic heterocycles. The number of nitrogens with zero attached hydrogens (tertiary/aromatic N) is 4. The number of hydrogen-bond donors (Lipinski definition) is 1. The van der Waals surface area contributed by atoms with Gasteiger partial charge in [-0.2, -0.15) is 9.97 Å². The predicted molar refractivity (Wildman–Crippen MR) is 94.9 cm³/mol. The van der Waals surface area contributed by atoms with E-state index in [2.05, 4.69) is 27.1 Å². The number of imidazole rings is 1. The number of aryl methyl sites for hydroxylation is 1. The van der Waals surface area contributed by atoms with E-state index in [0.717, 1.165) is 36.4 Å². The van der Waals surface area contributed by atoms with Gasteiger partial charge in [0, 0.05) is 0 Å². The van der Waals surface area contributed by atoms with Crippen molar-refractivity contribution >= 4 is 17.0 Å². The van der Waals surface area contributed by atoms with E-state index >= 15 is 0 Å². The normalized spacial score (nSPS) is 15.2. The molecule has 1 aromatic carbocycles. The van der Waals surface area contributed by atoms with E-state index in [9.17, 15) is 0 Å². The van der Waals surface area contributed by atoms with Gasteiger partial charge >= 0.3 is 6.01 Å². The topological polar surface area (TPSA) is 88.1 Å². The molecule has 0 amide bonds. The van der Waals surface area contributed by atoms with Crippen molar-refractivity contribution in [1.82, 2.24) is 19.5 Å². The van der Waals surface area contributed by atoms with Gasteiger partial charge in [-0.05, 0) is 43.9 Å². The first-order valence-electron chi connectivity index (χ1n) is 8.55. The van der Waals surface area contributed by atoms with Gasteiger partial charge < -0.3 is 19.8 Å². The molecular weight excluding hydrogens is 318 g/mol. The molecule has 1 aliphatic heterocycles. The summed E-state index contributed by atoms with van der Waals surface area (Å²) in [4.78, 5) is 13.3. The number of nitrogen functional groups attached to an aromatic ring is 1. The first-order chi connectivity index (χ1) is 12.2. The third kappa shape index (κ3) is 3.22. The summed E-state index contributed by atoms with van der Waals surface area (Å²) in [5, 5.41) is 0. The SMILES string of the molecule is Cc1nc2c(N)nc3nc2n1Cc1cccc(c1)OCCCCCO3. The minimum atomic E-state index is 0.311. The fourth-order valence-corrected chi connectivity index (χ4v) is 3.01. The number of fused-ring (bicyclic) bond motifs is 3. The highest BCUT2D eigenvalue weighted by atomic mass is 16.5. The maximum atomic E-state index is 6.07. The smallest absolute Gasteiger partial charge is 0.320 e. The highest BCUT2D eigenvalue weighted by Crippen LogP contribution is 2.24. The number of aromatic nitrogens is 4.